The highest BCUT2D eigenvalue weighted by atomic mass is 16.5. The van der Waals surface area contributed by atoms with Gasteiger partial charge in [-0.25, -0.2) is 0 Å². The number of benzene rings is 2. The minimum absolute atomic E-state index is 0.821. The zero-order chi connectivity index (χ0) is 14.8. The van der Waals surface area contributed by atoms with E-state index in [-0.39, 0.29) is 0 Å². The number of unbranched alkanes of at least 4 members (excludes halogenated alkanes) is 2. The van der Waals surface area contributed by atoms with E-state index in [1.165, 1.54) is 36.8 Å². The first-order valence-corrected chi connectivity index (χ1v) is 8.14. The quantitative estimate of drug-likeness (QED) is 0.557. The standard InChI is InChI=1S/C20H26O/c1-2-9-18-13-15-20(16-14-18)21-17-8-4-7-12-19-10-5-3-6-11-19/h3,5-6,10-11,13-16H,2,4,7-9,12,17H2,1H3. The largest absolute Gasteiger partial charge is 0.494 e. The van der Waals surface area contributed by atoms with Crippen LogP contribution in [0.5, 0.6) is 5.75 Å². The number of aryl methyl sites for hydroxylation is 2. The maximum Gasteiger partial charge on any atom is 0.119 e. The maximum absolute atomic E-state index is 5.79. The van der Waals surface area contributed by atoms with E-state index < -0.39 is 0 Å². The molecule has 0 unspecified atom stereocenters. The predicted octanol–water partition coefficient (Wildman–Crippen LogP) is 5.43. The van der Waals surface area contributed by atoms with Crippen molar-refractivity contribution in [2.75, 3.05) is 6.61 Å². The Balaban J connectivity index is 1.57. The van der Waals surface area contributed by atoms with Gasteiger partial charge >= 0.3 is 0 Å². The first-order chi connectivity index (χ1) is 10.4. The molecule has 1 nitrogen and oxygen atoms in total. The Morgan fingerprint density at radius 3 is 2.14 bits per heavy atom. The normalized spacial score (nSPS) is 10.5. The van der Waals surface area contributed by atoms with Crippen LogP contribution in [-0.4, -0.2) is 6.61 Å². The molecule has 2 aromatic carbocycles. The summed E-state index contributed by atoms with van der Waals surface area (Å²) in [5, 5.41) is 0. The average molecular weight is 282 g/mol. The minimum Gasteiger partial charge on any atom is -0.494 e. The van der Waals surface area contributed by atoms with Crippen LogP contribution >= 0.6 is 0 Å². The second-order valence-corrected chi connectivity index (χ2v) is 5.54. The molecule has 0 radical (unpaired) electrons. The van der Waals surface area contributed by atoms with Crippen molar-refractivity contribution in [3.05, 3.63) is 65.7 Å². The van der Waals surface area contributed by atoms with E-state index in [1.807, 2.05) is 0 Å². The highest BCUT2D eigenvalue weighted by Gasteiger charge is 1.96. The fraction of sp³-hybridized carbons (Fsp3) is 0.400. The Labute approximate surface area is 129 Å². The van der Waals surface area contributed by atoms with Gasteiger partial charge in [0.15, 0.2) is 0 Å². The monoisotopic (exact) mass is 282 g/mol. The molecule has 0 atom stereocenters. The maximum atomic E-state index is 5.79. The van der Waals surface area contributed by atoms with Crippen molar-refractivity contribution in [1.29, 1.82) is 0 Å². The predicted molar refractivity (Wildman–Crippen MR) is 89.9 cm³/mol. The lowest BCUT2D eigenvalue weighted by atomic mass is 10.1. The Morgan fingerprint density at radius 1 is 0.714 bits per heavy atom. The molecule has 21 heavy (non-hydrogen) atoms. The molecule has 0 heterocycles. The van der Waals surface area contributed by atoms with Crippen molar-refractivity contribution < 1.29 is 4.74 Å². The molecule has 0 aliphatic rings. The van der Waals surface area contributed by atoms with E-state index in [1.54, 1.807) is 0 Å². The summed E-state index contributed by atoms with van der Waals surface area (Å²) < 4.78 is 5.79. The number of hydrogen-bond acceptors (Lipinski definition) is 1. The van der Waals surface area contributed by atoms with Gasteiger partial charge < -0.3 is 4.74 Å². The van der Waals surface area contributed by atoms with Crippen molar-refractivity contribution in [1.82, 2.24) is 0 Å². The Hall–Kier alpha value is -1.76. The summed E-state index contributed by atoms with van der Waals surface area (Å²) in [4.78, 5) is 0. The van der Waals surface area contributed by atoms with Crippen LogP contribution in [0.15, 0.2) is 54.6 Å². The van der Waals surface area contributed by atoms with Crippen molar-refractivity contribution in [2.45, 2.75) is 45.4 Å². The number of rotatable bonds is 9. The molecule has 0 saturated heterocycles. The summed E-state index contributed by atoms with van der Waals surface area (Å²) in [6, 6.07) is 19.2. The van der Waals surface area contributed by atoms with E-state index in [9.17, 15) is 0 Å². The van der Waals surface area contributed by atoms with Crippen LogP contribution in [0.2, 0.25) is 0 Å². The third-order valence-corrected chi connectivity index (χ3v) is 3.68. The molecular weight excluding hydrogens is 256 g/mol. The highest BCUT2D eigenvalue weighted by molar-refractivity contribution is 5.27. The molecule has 0 amide bonds. The fourth-order valence-electron chi connectivity index (χ4n) is 2.48. The van der Waals surface area contributed by atoms with Crippen LogP contribution in [-0.2, 0) is 12.8 Å². The lowest BCUT2D eigenvalue weighted by Gasteiger charge is -2.07. The van der Waals surface area contributed by atoms with E-state index in [0.29, 0.717) is 0 Å². The summed E-state index contributed by atoms with van der Waals surface area (Å²) in [6.45, 7) is 3.03. The lowest BCUT2D eigenvalue weighted by molar-refractivity contribution is 0.305. The highest BCUT2D eigenvalue weighted by Crippen LogP contribution is 2.14. The van der Waals surface area contributed by atoms with E-state index in [0.717, 1.165) is 25.2 Å². The molecule has 2 rings (SSSR count). The van der Waals surface area contributed by atoms with Gasteiger partial charge in [-0.15, -0.1) is 0 Å². The second kappa shape index (κ2) is 9.23. The Kier molecular flexibility index (Phi) is 6.87. The van der Waals surface area contributed by atoms with Gasteiger partial charge in [0.05, 0.1) is 6.61 Å². The van der Waals surface area contributed by atoms with Gasteiger partial charge in [-0.05, 0) is 55.4 Å². The van der Waals surface area contributed by atoms with Crippen LogP contribution in [0.1, 0.15) is 43.7 Å². The van der Waals surface area contributed by atoms with Crippen molar-refractivity contribution in [2.24, 2.45) is 0 Å². The Bertz CT molecular complexity index is 487. The Morgan fingerprint density at radius 2 is 1.43 bits per heavy atom. The van der Waals surface area contributed by atoms with E-state index in [4.69, 9.17) is 4.74 Å². The van der Waals surface area contributed by atoms with Gasteiger partial charge in [-0.1, -0.05) is 55.8 Å². The van der Waals surface area contributed by atoms with E-state index >= 15 is 0 Å². The topological polar surface area (TPSA) is 9.23 Å². The molecule has 0 aliphatic carbocycles. The van der Waals surface area contributed by atoms with Crippen LogP contribution < -0.4 is 4.74 Å². The van der Waals surface area contributed by atoms with Gasteiger partial charge in [0, 0.05) is 0 Å². The SMILES string of the molecule is CCCc1ccc(OCCCCCc2ccccc2)cc1. The third kappa shape index (κ3) is 6.03. The zero-order valence-electron chi connectivity index (χ0n) is 13.1. The van der Waals surface area contributed by atoms with Crippen LogP contribution in [0.25, 0.3) is 0 Å². The van der Waals surface area contributed by atoms with Gasteiger partial charge in [0.1, 0.15) is 5.75 Å². The molecule has 0 N–H and O–H groups in total. The molecule has 2 aromatic rings. The molecule has 0 saturated carbocycles. The molecule has 0 aliphatic heterocycles. The zero-order valence-corrected chi connectivity index (χ0v) is 13.1. The first-order valence-electron chi connectivity index (χ1n) is 8.14. The summed E-state index contributed by atoms with van der Waals surface area (Å²) in [6.07, 6.45) is 7.11. The van der Waals surface area contributed by atoms with Crippen molar-refractivity contribution in [3.63, 3.8) is 0 Å². The summed E-state index contributed by atoms with van der Waals surface area (Å²) >= 11 is 0. The van der Waals surface area contributed by atoms with Gasteiger partial charge in [-0.2, -0.15) is 0 Å². The molecule has 0 fully saturated rings. The average Bonchev–Trinajstić information content (AvgIpc) is 2.53. The molecule has 112 valence electrons. The first kappa shape index (κ1) is 15.6. The second-order valence-electron chi connectivity index (χ2n) is 5.54. The number of hydrogen-bond donors (Lipinski definition) is 0. The van der Waals surface area contributed by atoms with Crippen molar-refractivity contribution >= 4 is 0 Å². The molecule has 0 aromatic heterocycles. The fourth-order valence-corrected chi connectivity index (χ4v) is 2.48. The van der Waals surface area contributed by atoms with Gasteiger partial charge in [-0.3, -0.25) is 0 Å². The minimum atomic E-state index is 0.821. The van der Waals surface area contributed by atoms with Crippen LogP contribution in [0.3, 0.4) is 0 Å². The molecule has 1 heteroatoms. The molecular formula is C20H26O. The third-order valence-electron chi connectivity index (χ3n) is 3.68. The number of ether oxygens (including phenoxy) is 1. The lowest BCUT2D eigenvalue weighted by Crippen LogP contribution is -1.98. The summed E-state index contributed by atoms with van der Waals surface area (Å²) in [5.41, 5.74) is 2.83. The van der Waals surface area contributed by atoms with Crippen LogP contribution in [0.4, 0.5) is 0 Å². The molecule has 0 bridgehead atoms. The van der Waals surface area contributed by atoms with Gasteiger partial charge in [0.2, 0.25) is 0 Å². The summed E-state index contributed by atoms with van der Waals surface area (Å²) in [5.74, 6) is 0.998. The van der Waals surface area contributed by atoms with Gasteiger partial charge in [0.25, 0.3) is 0 Å². The molecule has 0 spiro atoms. The smallest absolute Gasteiger partial charge is 0.119 e. The van der Waals surface area contributed by atoms with E-state index in [2.05, 4.69) is 61.5 Å². The van der Waals surface area contributed by atoms with Crippen LogP contribution in [0, 0.1) is 0 Å². The summed E-state index contributed by atoms with van der Waals surface area (Å²) in [7, 11) is 0. The van der Waals surface area contributed by atoms with Crippen molar-refractivity contribution in [3.8, 4) is 5.75 Å².